The Morgan fingerprint density at radius 2 is 2.15 bits per heavy atom. The number of anilines is 1. The molecular formula is C16H18Cl2N4O3S. The number of aromatic nitrogens is 2. The van der Waals surface area contributed by atoms with Crippen LogP contribution in [0, 0.1) is 12.8 Å². The minimum Gasteiger partial charge on any atom is -0.477 e. The van der Waals surface area contributed by atoms with Gasteiger partial charge in [0.2, 0.25) is 0 Å². The molecule has 0 unspecified atom stereocenters. The summed E-state index contributed by atoms with van der Waals surface area (Å²) < 4.78 is 0. The summed E-state index contributed by atoms with van der Waals surface area (Å²) in [6.07, 6.45) is 2.10. The average molecular weight is 417 g/mol. The number of nitrogens with one attached hydrogen (secondary N) is 2. The van der Waals surface area contributed by atoms with Crippen molar-refractivity contribution in [3.63, 3.8) is 0 Å². The van der Waals surface area contributed by atoms with Crippen molar-refractivity contribution in [2.45, 2.75) is 26.3 Å². The number of piperidine rings is 1. The van der Waals surface area contributed by atoms with E-state index in [1.165, 1.54) is 6.20 Å². The van der Waals surface area contributed by atoms with E-state index < -0.39 is 5.97 Å². The van der Waals surface area contributed by atoms with E-state index in [2.05, 4.69) is 15.3 Å². The van der Waals surface area contributed by atoms with Gasteiger partial charge in [-0.05, 0) is 19.3 Å². The van der Waals surface area contributed by atoms with Crippen molar-refractivity contribution in [3.05, 3.63) is 32.5 Å². The molecule has 2 atom stereocenters. The van der Waals surface area contributed by atoms with Crippen LogP contribution in [0.2, 0.25) is 10.0 Å². The second-order valence-corrected chi connectivity index (χ2v) is 8.12. The number of hydrogen-bond acceptors (Lipinski definition) is 5. The Balaban J connectivity index is 1.64. The molecule has 1 fully saturated rings. The topological polar surface area (TPSA) is 98.3 Å². The first-order valence-corrected chi connectivity index (χ1v) is 9.63. The summed E-state index contributed by atoms with van der Waals surface area (Å²) in [6, 6.07) is -0.0175. The molecule has 0 saturated carbocycles. The molecule has 0 spiro atoms. The normalized spacial score (nSPS) is 20.2. The van der Waals surface area contributed by atoms with Gasteiger partial charge in [-0.15, -0.1) is 0 Å². The predicted octanol–water partition coefficient (Wildman–Crippen LogP) is 3.43. The van der Waals surface area contributed by atoms with Crippen LogP contribution < -0.4 is 10.2 Å². The van der Waals surface area contributed by atoms with Crippen LogP contribution in [0.3, 0.4) is 0 Å². The molecule has 2 aromatic heterocycles. The van der Waals surface area contributed by atoms with E-state index in [4.69, 9.17) is 28.3 Å². The second kappa shape index (κ2) is 7.46. The van der Waals surface area contributed by atoms with E-state index in [9.17, 15) is 9.59 Å². The summed E-state index contributed by atoms with van der Waals surface area (Å²) in [5.74, 6) is -1.09. The van der Waals surface area contributed by atoms with Crippen LogP contribution in [0.4, 0.5) is 5.13 Å². The Morgan fingerprint density at radius 3 is 2.69 bits per heavy atom. The van der Waals surface area contributed by atoms with E-state index >= 15 is 0 Å². The zero-order valence-electron chi connectivity index (χ0n) is 14.2. The number of H-pyrrole nitrogens is 1. The van der Waals surface area contributed by atoms with Crippen LogP contribution in [-0.4, -0.2) is 46.1 Å². The van der Waals surface area contributed by atoms with Crippen LogP contribution in [0.1, 0.15) is 39.2 Å². The highest BCUT2D eigenvalue weighted by Crippen LogP contribution is 2.30. The van der Waals surface area contributed by atoms with Gasteiger partial charge in [0, 0.05) is 24.8 Å². The van der Waals surface area contributed by atoms with E-state index in [0.717, 1.165) is 17.8 Å². The smallest absolute Gasteiger partial charge is 0.347 e. The number of rotatable bonds is 4. The number of amides is 1. The number of carbonyl (C=O) groups is 2. The summed E-state index contributed by atoms with van der Waals surface area (Å²) in [5.41, 5.74) is 0.928. The van der Waals surface area contributed by atoms with E-state index in [-0.39, 0.29) is 33.5 Å². The van der Waals surface area contributed by atoms with E-state index in [1.807, 2.05) is 11.8 Å². The van der Waals surface area contributed by atoms with Crippen molar-refractivity contribution in [2.75, 3.05) is 18.0 Å². The summed E-state index contributed by atoms with van der Waals surface area (Å²) >= 11 is 13.3. The number of hydrogen-bond donors (Lipinski definition) is 3. The molecular weight excluding hydrogens is 399 g/mol. The highest BCUT2D eigenvalue weighted by atomic mass is 35.5. The number of carboxylic acid groups (broad SMARTS) is 1. The van der Waals surface area contributed by atoms with E-state index in [0.29, 0.717) is 28.9 Å². The number of thiazole rings is 1. The maximum Gasteiger partial charge on any atom is 0.347 e. The first-order valence-electron chi connectivity index (χ1n) is 8.06. The number of aromatic amines is 1. The quantitative estimate of drug-likeness (QED) is 0.708. The number of nitrogens with zero attached hydrogens (tertiary/aromatic N) is 2. The molecule has 7 nitrogen and oxygen atoms in total. The molecule has 0 aromatic carbocycles. The van der Waals surface area contributed by atoms with Crippen molar-refractivity contribution in [3.8, 4) is 0 Å². The first-order chi connectivity index (χ1) is 12.3. The van der Waals surface area contributed by atoms with Crippen LogP contribution in [0.5, 0.6) is 0 Å². The van der Waals surface area contributed by atoms with Gasteiger partial charge in [0.25, 0.3) is 5.91 Å². The van der Waals surface area contributed by atoms with Crippen molar-refractivity contribution >= 4 is 51.5 Å². The Morgan fingerprint density at radius 1 is 1.42 bits per heavy atom. The summed E-state index contributed by atoms with van der Waals surface area (Å²) in [5, 5.41) is 13.3. The first kappa shape index (κ1) is 19.0. The largest absolute Gasteiger partial charge is 0.477 e. The maximum absolute atomic E-state index is 12.5. The molecule has 0 aliphatic carbocycles. The number of aromatic carboxylic acids is 1. The monoisotopic (exact) mass is 416 g/mol. The second-order valence-electron chi connectivity index (χ2n) is 6.36. The molecule has 140 valence electrons. The number of carbonyl (C=O) groups excluding carboxylic acids is 1. The third kappa shape index (κ3) is 3.67. The lowest BCUT2D eigenvalue weighted by atomic mass is 9.94. The summed E-state index contributed by atoms with van der Waals surface area (Å²) in [4.78, 5) is 32.9. The molecule has 10 heteroatoms. The maximum atomic E-state index is 12.5. The minimum absolute atomic E-state index is 0.0175. The lowest BCUT2D eigenvalue weighted by molar-refractivity contribution is 0.0701. The van der Waals surface area contributed by atoms with Gasteiger partial charge in [-0.3, -0.25) is 4.79 Å². The number of aryl methyl sites for hydroxylation is 1. The molecule has 2 aromatic rings. The third-order valence-electron chi connectivity index (χ3n) is 4.48. The van der Waals surface area contributed by atoms with Gasteiger partial charge in [-0.2, -0.15) is 0 Å². The lowest BCUT2D eigenvalue weighted by Gasteiger charge is -2.37. The fourth-order valence-electron chi connectivity index (χ4n) is 3.01. The Hall–Kier alpha value is -1.77. The molecule has 3 N–H and O–H groups in total. The Bertz CT molecular complexity index is 851. The summed E-state index contributed by atoms with van der Waals surface area (Å²) in [7, 11) is 0. The molecule has 0 bridgehead atoms. The van der Waals surface area contributed by atoms with E-state index in [1.54, 1.807) is 6.92 Å². The van der Waals surface area contributed by atoms with Gasteiger partial charge in [0.1, 0.15) is 10.6 Å². The van der Waals surface area contributed by atoms with Crippen molar-refractivity contribution in [2.24, 2.45) is 5.92 Å². The zero-order valence-corrected chi connectivity index (χ0v) is 16.5. The highest BCUT2D eigenvalue weighted by Gasteiger charge is 2.30. The van der Waals surface area contributed by atoms with Gasteiger partial charge >= 0.3 is 5.97 Å². The molecule has 3 rings (SSSR count). The molecule has 3 heterocycles. The molecule has 26 heavy (non-hydrogen) atoms. The Labute approximate surface area is 164 Å². The molecule has 0 radical (unpaired) electrons. The van der Waals surface area contributed by atoms with Gasteiger partial charge in [0.15, 0.2) is 5.13 Å². The average Bonchev–Trinajstić information content (AvgIpc) is 3.18. The van der Waals surface area contributed by atoms with Crippen LogP contribution >= 0.6 is 34.5 Å². The number of carboxylic acids is 1. The minimum atomic E-state index is -0.972. The van der Waals surface area contributed by atoms with Gasteiger partial charge in [-0.25, -0.2) is 9.78 Å². The van der Waals surface area contributed by atoms with Gasteiger partial charge in [-0.1, -0.05) is 41.5 Å². The predicted molar refractivity (Wildman–Crippen MR) is 102 cm³/mol. The van der Waals surface area contributed by atoms with Crippen molar-refractivity contribution in [1.82, 2.24) is 15.3 Å². The fourth-order valence-corrected chi connectivity index (χ4v) is 4.22. The molecule has 1 aliphatic rings. The van der Waals surface area contributed by atoms with Gasteiger partial charge < -0.3 is 20.3 Å². The molecule has 1 saturated heterocycles. The molecule has 1 amide bonds. The van der Waals surface area contributed by atoms with Crippen LogP contribution in [0.15, 0.2) is 6.20 Å². The van der Waals surface area contributed by atoms with Crippen molar-refractivity contribution < 1.29 is 14.7 Å². The number of halogens is 2. The van der Waals surface area contributed by atoms with Crippen LogP contribution in [-0.2, 0) is 0 Å². The van der Waals surface area contributed by atoms with Gasteiger partial charge in [0.05, 0.1) is 16.2 Å². The lowest BCUT2D eigenvalue weighted by Crippen LogP contribution is -2.50. The Kier molecular flexibility index (Phi) is 5.45. The standard InChI is InChI=1S/C16H18Cl2N4O3S/c1-7-6-22(16-19-5-10(26-16)15(24)25)4-3-9(7)21-14(23)13-12(18)11(17)8(2)20-13/h5,7,9,20H,3-4,6H2,1-2H3,(H,21,23)(H,24,25)/t7-,9+/m0/s1. The molecule has 1 aliphatic heterocycles. The highest BCUT2D eigenvalue weighted by molar-refractivity contribution is 7.17. The van der Waals surface area contributed by atoms with Crippen molar-refractivity contribution in [1.29, 1.82) is 0 Å². The fraction of sp³-hybridized carbons (Fsp3) is 0.438. The van der Waals surface area contributed by atoms with Crippen LogP contribution in [0.25, 0.3) is 0 Å². The zero-order chi connectivity index (χ0) is 19.0. The third-order valence-corrected chi connectivity index (χ3v) is 6.47. The summed E-state index contributed by atoms with van der Waals surface area (Å²) in [6.45, 7) is 5.15. The SMILES string of the molecule is Cc1[nH]c(C(=O)N[C@@H]2CCN(c3ncc(C(=O)O)s3)C[C@@H]2C)c(Cl)c1Cl.